The molecule has 2 N–H and O–H groups in total. The Hall–Kier alpha value is -0.880. The van der Waals surface area contributed by atoms with E-state index in [-0.39, 0.29) is 11.6 Å². The van der Waals surface area contributed by atoms with E-state index in [2.05, 4.69) is 31.7 Å². The largest absolute Gasteiger partial charge is 0.383 e. The van der Waals surface area contributed by atoms with Gasteiger partial charge in [0, 0.05) is 12.6 Å². The van der Waals surface area contributed by atoms with Gasteiger partial charge in [-0.25, -0.2) is 4.68 Å². The highest BCUT2D eigenvalue weighted by molar-refractivity contribution is 9.10. The van der Waals surface area contributed by atoms with Gasteiger partial charge in [-0.15, -0.1) is 0 Å². The molecule has 0 bridgehead atoms. The van der Waals surface area contributed by atoms with Crippen molar-refractivity contribution in [3.63, 3.8) is 0 Å². The van der Waals surface area contributed by atoms with Gasteiger partial charge in [0.25, 0.3) is 5.56 Å². The third kappa shape index (κ3) is 3.57. The smallest absolute Gasteiger partial charge is 0.283 e. The molecule has 5 nitrogen and oxygen atoms in total. The van der Waals surface area contributed by atoms with Crippen molar-refractivity contribution < 1.29 is 0 Å². The molecule has 0 spiro atoms. The normalized spacial score (nSPS) is 19.1. The van der Waals surface area contributed by atoms with Gasteiger partial charge in [0.15, 0.2) is 0 Å². The summed E-state index contributed by atoms with van der Waals surface area (Å²) in [5.41, 5.74) is 0.693. The molecule has 0 amide bonds. The third-order valence-corrected chi connectivity index (χ3v) is 4.17. The van der Waals surface area contributed by atoms with E-state index < -0.39 is 0 Å². The fourth-order valence-electron chi connectivity index (χ4n) is 2.32. The number of anilines is 1. The van der Waals surface area contributed by atoms with Crippen LogP contribution in [0.15, 0.2) is 15.5 Å². The summed E-state index contributed by atoms with van der Waals surface area (Å²) in [5.74, 6) is 0. The molecule has 1 atom stereocenters. The Bertz CT molecular complexity index is 480. The number of rotatable bonds is 5. The summed E-state index contributed by atoms with van der Waals surface area (Å²) in [6.07, 6.45) is 5.30. The number of hydrogen-bond acceptors (Lipinski definition) is 4. The minimum Gasteiger partial charge on any atom is -0.383 e. The molecule has 2 heterocycles. The predicted octanol–water partition coefficient (Wildman–Crippen LogP) is 2.14. The number of hydrogen-bond donors (Lipinski definition) is 2. The van der Waals surface area contributed by atoms with Crippen LogP contribution in [0, 0.1) is 0 Å². The molecule has 19 heavy (non-hydrogen) atoms. The van der Waals surface area contributed by atoms with Crippen LogP contribution in [0.25, 0.3) is 0 Å². The van der Waals surface area contributed by atoms with Gasteiger partial charge in [0.05, 0.1) is 17.9 Å². The maximum atomic E-state index is 12.1. The monoisotopic (exact) mass is 328 g/mol. The van der Waals surface area contributed by atoms with Gasteiger partial charge < -0.3 is 10.6 Å². The second-order valence-corrected chi connectivity index (χ2v) is 6.02. The first kappa shape index (κ1) is 14.5. The summed E-state index contributed by atoms with van der Waals surface area (Å²) in [6.45, 7) is 5.86. The second kappa shape index (κ2) is 6.52. The summed E-state index contributed by atoms with van der Waals surface area (Å²) < 4.78 is 2.05. The predicted molar refractivity (Wildman–Crippen MR) is 80.7 cm³/mol. The summed E-state index contributed by atoms with van der Waals surface area (Å²) in [6, 6.07) is 0.677. The number of aromatic nitrogens is 2. The van der Waals surface area contributed by atoms with Gasteiger partial charge in [-0.3, -0.25) is 4.79 Å². The lowest BCUT2D eigenvalue weighted by molar-refractivity contribution is 0.501. The van der Waals surface area contributed by atoms with Crippen molar-refractivity contribution in [1.29, 1.82) is 0 Å². The maximum absolute atomic E-state index is 12.1. The number of nitrogens with one attached hydrogen (secondary N) is 2. The molecule has 2 rings (SSSR count). The van der Waals surface area contributed by atoms with Crippen molar-refractivity contribution in [2.45, 2.75) is 45.2 Å². The first-order valence-corrected chi connectivity index (χ1v) is 7.63. The molecular weight excluding hydrogens is 308 g/mol. The molecule has 1 fully saturated rings. The van der Waals surface area contributed by atoms with Crippen LogP contribution >= 0.6 is 15.9 Å². The van der Waals surface area contributed by atoms with Gasteiger partial charge in [-0.2, -0.15) is 5.10 Å². The Balaban J connectivity index is 1.97. The fraction of sp³-hybridized carbons (Fsp3) is 0.692. The second-order valence-electron chi connectivity index (χ2n) is 5.22. The zero-order valence-electron chi connectivity index (χ0n) is 11.4. The standard InChI is InChI=1S/C13H21BrN4O/c1-9(2)18-13(19)12(14)11(8-17-18)16-7-5-10-4-3-6-15-10/h8-10,15-16H,3-7H2,1-2H3/t10-/m1/s1. The van der Waals surface area contributed by atoms with Gasteiger partial charge in [-0.1, -0.05) is 0 Å². The van der Waals surface area contributed by atoms with Crippen LogP contribution in [-0.2, 0) is 0 Å². The minimum atomic E-state index is -0.0843. The highest BCUT2D eigenvalue weighted by Crippen LogP contribution is 2.17. The van der Waals surface area contributed by atoms with Crippen molar-refractivity contribution in [2.75, 3.05) is 18.4 Å². The molecule has 1 aliphatic heterocycles. The molecule has 0 unspecified atom stereocenters. The molecule has 1 aromatic heterocycles. The van der Waals surface area contributed by atoms with Crippen LogP contribution in [0.5, 0.6) is 0 Å². The van der Waals surface area contributed by atoms with E-state index in [9.17, 15) is 4.79 Å². The summed E-state index contributed by atoms with van der Waals surface area (Å²) in [7, 11) is 0. The van der Waals surface area contributed by atoms with Crippen LogP contribution in [0.3, 0.4) is 0 Å². The SMILES string of the molecule is CC(C)n1ncc(NCC[C@H]2CCCN2)c(Br)c1=O. The molecule has 0 radical (unpaired) electrons. The minimum absolute atomic E-state index is 0.0699. The van der Waals surface area contributed by atoms with Crippen LogP contribution in [0.4, 0.5) is 5.69 Å². The lowest BCUT2D eigenvalue weighted by Gasteiger charge is -2.14. The van der Waals surface area contributed by atoms with Gasteiger partial charge >= 0.3 is 0 Å². The van der Waals surface area contributed by atoms with Crippen LogP contribution < -0.4 is 16.2 Å². The van der Waals surface area contributed by atoms with Crippen molar-refractivity contribution in [3.8, 4) is 0 Å². The van der Waals surface area contributed by atoms with Gasteiger partial charge in [0.1, 0.15) is 4.47 Å². The van der Waals surface area contributed by atoms with Gasteiger partial charge in [-0.05, 0) is 55.6 Å². The summed E-state index contributed by atoms with van der Waals surface area (Å²) in [5, 5.41) is 10.9. The highest BCUT2D eigenvalue weighted by atomic mass is 79.9. The molecular formula is C13H21BrN4O. The molecule has 0 aromatic carbocycles. The van der Waals surface area contributed by atoms with Crippen molar-refractivity contribution in [1.82, 2.24) is 15.1 Å². The van der Waals surface area contributed by atoms with Crippen LogP contribution in [0.2, 0.25) is 0 Å². The first-order chi connectivity index (χ1) is 9.09. The Morgan fingerprint density at radius 2 is 2.42 bits per heavy atom. The average molecular weight is 329 g/mol. The first-order valence-electron chi connectivity index (χ1n) is 6.84. The van der Waals surface area contributed by atoms with E-state index in [1.807, 2.05) is 13.8 Å². The Morgan fingerprint density at radius 3 is 3.05 bits per heavy atom. The van der Waals surface area contributed by atoms with E-state index in [4.69, 9.17) is 0 Å². The van der Waals surface area contributed by atoms with Crippen molar-refractivity contribution in [3.05, 3.63) is 21.0 Å². The van der Waals surface area contributed by atoms with E-state index in [1.165, 1.54) is 17.5 Å². The Kier molecular flexibility index (Phi) is 4.99. The maximum Gasteiger partial charge on any atom is 0.283 e. The number of nitrogens with zero attached hydrogens (tertiary/aromatic N) is 2. The Morgan fingerprint density at radius 1 is 1.63 bits per heavy atom. The van der Waals surface area contributed by atoms with Gasteiger partial charge in [0.2, 0.25) is 0 Å². The van der Waals surface area contributed by atoms with Crippen molar-refractivity contribution in [2.24, 2.45) is 0 Å². The average Bonchev–Trinajstić information content (AvgIpc) is 2.87. The fourth-order valence-corrected chi connectivity index (χ4v) is 2.74. The van der Waals surface area contributed by atoms with Crippen LogP contribution in [0.1, 0.15) is 39.2 Å². The summed E-state index contributed by atoms with van der Waals surface area (Å²) in [4.78, 5) is 12.1. The molecule has 1 saturated heterocycles. The van der Waals surface area contributed by atoms with E-state index in [0.29, 0.717) is 10.5 Å². The zero-order valence-corrected chi connectivity index (χ0v) is 13.0. The van der Waals surface area contributed by atoms with Crippen LogP contribution in [-0.4, -0.2) is 28.9 Å². The topological polar surface area (TPSA) is 59.0 Å². The zero-order chi connectivity index (χ0) is 13.8. The Labute approximate surface area is 121 Å². The van der Waals surface area contributed by atoms with E-state index >= 15 is 0 Å². The molecule has 1 aromatic rings. The van der Waals surface area contributed by atoms with E-state index in [1.54, 1.807) is 6.20 Å². The third-order valence-electron chi connectivity index (χ3n) is 3.40. The van der Waals surface area contributed by atoms with Crippen molar-refractivity contribution >= 4 is 21.6 Å². The lowest BCUT2D eigenvalue weighted by Crippen LogP contribution is -2.27. The molecule has 6 heteroatoms. The molecule has 0 aliphatic carbocycles. The molecule has 1 aliphatic rings. The quantitative estimate of drug-likeness (QED) is 0.869. The number of halogens is 1. The lowest BCUT2D eigenvalue weighted by atomic mass is 10.1. The highest BCUT2D eigenvalue weighted by Gasteiger charge is 2.14. The van der Waals surface area contributed by atoms with E-state index in [0.717, 1.165) is 25.2 Å². The summed E-state index contributed by atoms with van der Waals surface area (Å²) >= 11 is 3.36. The molecule has 106 valence electrons. The molecule has 0 saturated carbocycles.